The fourth-order valence-corrected chi connectivity index (χ4v) is 9.73. The minimum Gasteiger partial charge on any atom is -0.457 e. The molecule has 7 aromatic carbocycles. The van der Waals surface area contributed by atoms with Gasteiger partial charge in [-0.3, -0.25) is 19.2 Å². The molecule has 0 unspecified atom stereocenters. The molecule has 0 fully saturated rings. The molecule has 354 valence electrons. The number of hydrogen-bond acceptors (Lipinski definition) is 9. The van der Waals surface area contributed by atoms with Gasteiger partial charge in [0.2, 0.25) is 11.8 Å². The number of carbonyl (C=O) groups is 4. The first kappa shape index (κ1) is 47.0. The van der Waals surface area contributed by atoms with E-state index in [0.717, 1.165) is 56.5 Å². The third-order valence-corrected chi connectivity index (χ3v) is 13.2. The van der Waals surface area contributed by atoms with Crippen LogP contribution in [0.15, 0.2) is 216 Å². The van der Waals surface area contributed by atoms with E-state index >= 15 is 0 Å². The van der Waals surface area contributed by atoms with Crippen LogP contribution < -0.4 is 16.2 Å². The Balaban J connectivity index is 1.04. The van der Waals surface area contributed by atoms with Gasteiger partial charge < -0.3 is 16.2 Å². The Kier molecular flexibility index (Phi) is 13.1. The summed E-state index contributed by atoms with van der Waals surface area (Å²) < 4.78 is 6.49. The molecule has 0 saturated carbocycles. The highest BCUT2D eigenvalue weighted by molar-refractivity contribution is 6.59. The standard InChI is InChI=1S/C62H44N4O7/c63-61(69)47-23-19-45(20-24-47)57-52(40-9-5-2-6-10-40)54(58(60(57)68)46-21-25-48(26-22-46)62(64)70)42-29-33-50(34-30-42)73-49-31-27-41(28-32-49)53-51(39-7-3-1-4-8-39)55(43-15-11-37(12-16-43)35-65-71)59(67)56(53)44-17-13-38(14-18-44)36-66-72/h1-5,7-9,11-34H,6,10,35-36H2,(H2,63,69)(H2,64,70). The molecule has 0 bridgehead atoms. The molecule has 10 rings (SSSR count). The largest absolute Gasteiger partial charge is 0.457 e. The maximum atomic E-state index is 15.0. The van der Waals surface area contributed by atoms with E-state index in [2.05, 4.69) is 16.4 Å². The first-order chi connectivity index (χ1) is 35.6. The molecule has 0 heterocycles. The number of allylic oxidation sites excluding steroid dienone is 12. The van der Waals surface area contributed by atoms with Gasteiger partial charge in [0.05, 0.1) is 0 Å². The number of amides is 2. The third kappa shape index (κ3) is 9.26. The molecule has 0 aliphatic heterocycles. The summed E-state index contributed by atoms with van der Waals surface area (Å²) in [5.74, 6) is -0.484. The Morgan fingerprint density at radius 3 is 1.14 bits per heavy atom. The molecule has 73 heavy (non-hydrogen) atoms. The lowest BCUT2D eigenvalue weighted by Gasteiger charge is -2.18. The van der Waals surface area contributed by atoms with Gasteiger partial charge in [-0.1, -0.05) is 156 Å². The van der Waals surface area contributed by atoms with E-state index in [9.17, 15) is 29.0 Å². The summed E-state index contributed by atoms with van der Waals surface area (Å²) in [6.45, 7) is 0.0130. The van der Waals surface area contributed by atoms with Crippen molar-refractivity contribution in [2.75, 3.05) is 0 Å². The summed E-state index contributed by atoms with van der Waals surface area (Å²) in [7, 11) is 0. The number of ketones is 2. The van der Waals surface area contributed by atoms with E-state index in [1.807, 2.05) is 115 Å². The average molecular weight is 957 g/mol. The molecule has 3 aliphatic rings. The van der Waals surface area contributed by atoms with Crippen molar-refractivity contribution < 1.29 is 23.9 Å². The average Bonchev–Trinajstić information content (AvgIpc) is 3.90. The van der Waals surface area contributed by atoms with Crippen molar-refractivity contribution in [3.05, 3.63) is 276 Å². The second-order valence-corrected chi connectivity index (χ2v) is 17.7. The van der Waals surface area contributed by atoms with Gasteiger partial charge in [-0.25, -0.2) is 0 Å². The van der Waals surface area contributed by atoms with Gasteiger partial charge >= 0.3 is 0 Å². The lowest BCUT2D eigenvalue weighted by atomic mass is 9.85. The number of nitrogens with two attached hydrogens (primary N) is 2. The molecule has 0 spiro atoms. The molecular formula is C62H44N4O7. The lowest BCUT2D eigenvalue weighted by Crippen LogP contribution is -2.11. The van der Waals surface area contributed by atoms with Crippen molar-refractivity contribution in [1.82, 2.24) is 0 Å². The molecule has 7 aromatic rings. The van der Waals surface area contributed by atoms with Crippen LogP contribution in [0.4, 0.5) is 0 Å². The van der Waals surface area contributed by atoms with E-state index in [1.165, 1.54) is 0 Å². The van der Waals surface area contributed by atoms with Crippen molar-refractivity contribution in [3.63, 3.8) is 0 Å². The Hall–Kier alpha value is -9.74. The van der Waals surface area contributed by atoms with Crippen molar-refractivity contribution in [1.29, 1.82) is 0 Å². The highest BCUT2D eigenvalue weighted by Crippen LogP contribution is 2.52. The van der Waals surface area contributed by atoms with Crippen LogP contribution in [-0.4, -0.2) is 23.4 Å². The molecular weight excluding hydrogens is 913 g/mol. The fourth-order valence-electron chi connectivity index (χ4n) is 9.73. The zero-order valence-corrected chi connectivity index (χ0v) is 39.2. The molecule has 4 N–H and O–H groups in total. The maximum absolute atomic E-state index is 15.0. The van der Waals surface area contributed by atoms with Gasteiger partial charge in [0.1, 0.15) is 24.6 Å². The fraction of sp³-hybridized carbons (Fsp3) is 0.0645. The van der Waals surface area contributed by atoms with Crippen LogP contribution in [0.3, 0.4) is 0 Å². The van der Waals surface area contributed by atoms with Crippen molar-refractivity contribution in [3.8, 4) is 11.5 Å². The zero-order chi connectivity index (χ0) is 50.6. The number of carbonyl (C=O) groups excluding carboxylic acids is 4. The Labute approximate surface area is 420 Å². The highest BCUT2D eigenvalue weighted by Gasteiger charge is 2.38. The second-order valence-electron chi connectivity index (χ2n) is 17.7. The monoisotopic (exact) mass is 956 g/mol. The normalized spacial score (nSPS) is 14.5. The van der Waals surface area contributed by atoms with Gasteiger partial charge in [0.15, 0.2) is 11.6 Å². The zero-order valence-electron chi connectivity index (χ0n) is 39.2. The molecule has 11 heteroatoms. The summed E-state index contributed by atoms with van der Waals surface area (Å²) in [6, 6.07) is 52.8. The predicted octanol–water partition coefficient (Wildman–Crippen LogP) is 12.5. The minimum absolute atomic E-state index is 0.00251. The van der Waals surface area contributed by atoms with Crippen LogP contribution in [0.2, 0.25) is 0 Å². The third-order valence-electron chi connectivity index (χ3n) is 13.2. The summed E-state index contributed by atoms with van der Waals surface area (Å²) in [5, 5.41) is 6.07. The number of hydrogen-bond donors (Lipinski definition) is 2. The molecule has 3 aliphatic carbocycles. The van der Waals surface area contributed by atoms with Crippen LogP contribution >= 0.6 is 0 Å². The van der Waals surface area contributed by atoms with E-state index in [-0.39, 0.29) is 24.7 Å². The van der Waals surface area contributed by atoms with Crippen LogP contribution in [0.1, 0.15) is 83.6 Å². The Morgan fingerprint density at radius 1 is 0.425 bits per heavy atom. The van der Waals surface area contributed by atoms with Crippen LogP contribution in [-0.2, 0) is 22.7 Å². The quantitative estimate of drug-likeness (QED) is 0.0901. The first-order valence-corrected chi connectivity index (χ1v) is 23.6. The molecule has 11 nitrogen and oxygen atoms in total. The van der Waals surface area contributed by atoms with Crippen molar-refractivity contribution in [2.45, 2.75) is 25.9 Å². The Bertz CT molecular complexity index is 3580. The predicted molar refractivity (Wildman–Crippen MR) is 285 cm³/mol. The summed E-state index contributed by atoms with van der Waals surface area (Å²) >= 11 is 0. The number of primary amides is 2. The number of ether oxygens (including phenoxy) is 1. The minimum atomic E-state index is -0.583. The second kappa shape index (κ2) is 20.3. The molecule has 0 radical (unpaired) electrons. The summed E-state index contributed by atoms with van der Waals surface area (Å²) in [6.07, 6.45) is 7.56. The number of benzene rings is 7. The van der Waals surface area contributed by atoms with Gasteiger partial charge in [-0.05, 0) is 123 Å². The molecule has 0 saturated heterocycles. The number of nitrogens with zero attached hydrogens (tertiary/aromatic N) is 2. The van der Waals surface area contributed by atoms with Gasteiger partial charge in [-0.2, -0.15) is 9.81 Å². The topological polar surface area (TPSA) is 188 Å². The number of Topliss-reactive ketones (excluding diaryl/α,β-unsaturated/α-hetero) is 2. The van der Waals surface area contributed by atoms with E-state index in [4.69, 9.17) is 16.2 Å². The number of nitroso groups, excluding NO2 is 2. The van der Waals surface area contributed by atoms with Crippen molar-refractivity contribution >= 4 is 62.4 Å². The van der Waals surface area contributed by atoms with Gasteiger partial charge in [-0.15, -0.1) is 0 Å². The maximum Gasteiger partial charge on any atom is 0.248 e. The highest BCUT2D eigenvalue weighted by atomic mass is 16.5. The summed E-state index contributed by atoms with van der Waals surface area (Å²) in [4.78, 5) is 76.3. The first-order valence-electron chi connectivity index (χ1n) is 23.6. The molecule has 2 amide bonds. The lowest BCUT2D eigenvalue weighted by molar-refractivity contribution is -0.109. The van der Waals surface area contributed by atoms with E-state index in [1.54, 1.807) is 72.8 Å². The SMILES string of the molecule is NC(=O)c1ccc(C2=C(C3=CC=CCC3)C(c3ccc(Oc4ccc(C5=C(c6ccc(CN=O)cc6)C(=O)C(c6ccc(CN=O)cc6)=C5c5ccccc5)cc4)cc3)=C(c3ccc(C(N)=O)cc3)C2=O)cc1. The smallest absolute Gasteiger partial charge is 0.248 e. The van der Waals surface area contributed by atoms with Gasteiger partial charge in [0.25, 0.3) is 0 Å². The van der Waals surface area contributed by atoms with Crippen molar-refractivity contribution in [2.24, 2.45) is 21.8 Å². The molecule has 0 atom stereocenters. The summed E-state index contributed by atoms with van der Waals surface area (Å²) in [5.41, 5.74) is 24.1. The van der Waals surface area contributed by atoms with Crippen LogP contribution in [0, 0.1) is 9.81 Å². The van der Waals surface area contributed by atoms with Crippen LogP contribution in [0.5, 0.6) is 11.5 Å². The number of rotatable bonds is 16. The van der Waals surface area contributed by atoms with E-state index < -0.39 is 11.8 Å². The Morgan fingerprint density at radius 2 is 0.767 bits per heavy atom. The van der Waals surface area contributed by atoms with Gasteiger partial charge in [0, 0.05) is 50.1 Å². The van der Waals surface area contributed by atoms with E-state index in [0.29, 0.717) is 79.2 Å². The van der Waals surface area contributed by atoms with Crippen LogP contribution in [0.25, 0.3) is 39.0 Å². The molecule has 0 aromatic heterocycles.